The van der Waals surface area contributed by atoms with Gasteiger partial charge in [0.05, 0.1) is 11.3 Å². The predicted octanol–water partition coefficient (Wildman–Crippen LogP) is 4.87. The Kier molecular flexibility index (Phi) is 5.50. The van der Waals surface area contributed by atoms with Gasteiger partial charge in [-0.05, 0) is 63.1 Å². The van der Waals surface area contributed by atoms with Crippen molar-refractivity contribution in [1.82, 2.24) is 24.3 Å². The van der Waals surface area contributed by atoms with Crippen LogP contribution >= 0.6 is 0 Å². The van der Waals surface area contributed by atoms with E-state index in [9.17, 15) is 9.18 Å². The molecular formula is C25H25FN6O. The zero-order valence-electron chi connectivity index (χ0n) is 18.7. The summed E-state index contributed by atoms with van der Waals surface area (Å²) < 4.78 is 18.7. The molecule has 4 aromatic rings. The van der Waals surface area contributed by atoms with Crippen LogP contribution in [0, 0.1) is 19.7 Å². The van der Waals surface area contributed by atoms with E-state index in [0.29, 0.717) is 11.4 Å². The van der Waals surface area contributed by atoms with Gasteiger partial charge in [0.25, 0.3) is 5.91 Å². The van der Waals surface area contributed by atoms with E-state index in [1.54, 1.807) is 24.4 Å². The third-order valence-electron chi connectivity index (χ3n) is 6.14. The average molecular weight is 445 g/mol. The summed E-state index contributed by atoms with van der Waals surface area (Å²) in [6, 6.07) is 12.1. The molecule has 168 valence electrons. The van der Waals surface area contributed by atoms with E-state index in [2.05, 4.69) is 25.1 Å². The standard InChI is InChI=1S/C25H25FN6O/c1-16-14-19(17(2)32(16)22-8-5-6-12-27-22)25(33)28-21-15-18(10-11-20(21)26)24-30-29-23-9-4-3-7-13-31(23)24/h5-6,8,10-12,14-15H,3-4,7,9,13H2,1-2H3,(H,28,33). The Balaban J connectivity index is 1.45. The maximum Gasteiger partial charge on any atom is 0.257 e. The van der Waals surface area contributed by atoms with Crippen LogP contribution in [0.3, 0.4) is 0 Å². The predicted molar refractivity (Wildman–Crippen MR) is 124 cm³/mol. The summed E-state index contributed by atoms with van der Waals surface area (Å²) in [6.45, 7) is 4.61. The van der Waals surface area contributed by atoms with Gasteiger partial charge in [0, 0.05) is 36.1 Å². The van der Waals surface area contributed by atoms with Crippen molar-refractivity contribution in [3.63, 3.8) is 0 Å². The number of pyridine rings is 1. The second-order valence-electron chi connectivity index (χ2n) is 8.36. The summed E-state index contributed by atoms with van der Waals surface area (Å²) in [7, 11) is 0. The molecule has 0 atom stereocenters. The molecule has 0 saturated heterocycles. The lowest BCUT2D eigenvalue weighted by molar-refractivity contribution is 0.102. The fourth-order valence-electron chi connectivity index (χ4n) is 4.48. The smallest absolute Gasteiger partial charge is 0.257 e. The number of aromatic nitrogens is 5. The number of rotatable bonds is 4. The molecule has 5 rings (SSSR count). The second kappa shape index (κ2) is 8.61. The van der Waals surface area contributed by atoms with Crippen LogP contribution in [0.25, 0.3) is 17.2 Å². The minimum Gasteiger partial charge on any atom is -0.319 e. The number of carbonyl (C=O) groups excluding carboxylic acids is 1. The normalized spacial score (nSPS) is 13.4. The molecule has 0 saturated carbocycles. The molecule has 0 unspecified atom stereocenters. The summed E-state index contributed by atoms with van der Waals surface area (Å²) in [6.07, 6.45) is 5.92. The van der Waals surface area contributed by atoms with Crippen LogP contribution in [-0.2, 0) is 13.0 Å². The molecule has 1 aliphatic rings. The van der Waals surface area contributed by atoms with E-state index < -0.39 is 5.82 Å². The highest BCUT2D eigenvalue weighted by molar-refractivity contribution is 6.05. The minimum atomic E-state index is -0.499. The summed E-state index contributed by atoms with van der Waals surface area (Å²) in [4.78, 5) is 17.5. The first-order chi connectivity index (χ1) is 16.0. The molecule has 3 aromatic heterocycles. The number of nitrogens with zero attached hydrogens (tertiary/aromatic N) is 5. The van der Waals surface area contributed by atoms with Crippen LogP contribution in [0.2, 0.25) is 0 Å². The lowest BCUT2D eigenvalue weighted by Gasteiger charge is -2.11. The lowest BCUT2D eigenvalue weighted by Crippen LogP contribution is -2.14. The van der Waals surface area contributed by atoms with Crippen molar-refractivity contribution in [3.8, 4) is 17.2 Å². The molecule has 0 bridgehead atoms. The zero-order valence-corrected chi connectivity index (χ0v) is 18.7. The minimum absolute atomic E-state index is 0.117. The third kappa shape index (κ3) is 3.92. The van der Waals surface area contributed by atoms with Gasteiger partial charge in [0.1, 0.15) is 17.5 Å². The molecule has 7 nitrogen and oxygen atoms in total. The third-order valence-corrected chi connectivity index (χ3v) is 6.14. The molecule has 1 aromatic carbocycles. The number of benzene rings is 1. The van der Waals surface area contributed by atoms with Gasteiger partial charge >= 0.3 is 0 Å². The molecule has 4 heterocycles. The molecule has 1 N–H and O–H groups in total. The molecule has 0 aliphatic carbocycles. The van der Waals surface area contributed by atoms with Gasteiger partial charge in [0.2, 0.25) is 0 Å². The highest BCUT2D eigenvalue weighted by atomic mass is 19.1. The SMILES string of the molecule is Cc1cc(C(=O)Nc2cc(-c3nnc4n3CCCCC4)ccc2F)c(C)n1-c1ccccn1. The molecule has 1 amide bonds. The Labute approximate surface area is 191 Å². The fourth-order valence-corrected chi connectivity index (χ4v) is 4.48. The maximum absolute atomic E-state index is 14.7. The van der Waals surface area contributed by atoms with E-state index in [-0.39, 0.29) is 11.6 Å². The van der Waals surface area contributed by atoms with Crippen LogP contribution in [0.1, 0.15) is 46.8 Å². The molecule has 0 spiro atoms. The number of aryl methyl sites for hydroxylation is 2. The van der Waals surface area contributed by atoms with Gasteiger partial charge in [-0.3, -0.25) is 4.79 Å². The fraction of sp³-hybridized carbons (Fsp3) is 0.280. The first kappa shape index (κ1) is 21.1. The molecule has 1 aliphatic heterocycles. The number of hydrogen-bond donors (Lipinski definition) is 1. The number of halogens is 1. The molecular weight excluding hydrogens is 419 g/mol. The monoisotopic (exact) mass is 444 g/mol. The number of carbonyl (C=O) groups is 1. The van der Waals surface area contributed by atoms with Crippen molar-refractivity contribution >= 4 is 11.6 Å². The quantitative estimate of drug-likeness (QED) is 0.487. The van der Waals surface area contributed by atoms with E-state index in [0.717, 1.165) is 60.8 Å². The number of anilines is 1. The lowest BCUT2D eigenvalue weighted by atomic mass is 10.1. The number of nitrogens with one attached hydrogen (secondary N) is 1. The Morgan fingerprint density at radius 3 is 2.76 bits per heavy atom. The van der Waals surface area contributed by atoms with E-state index >= 15 is 0 Å². The summed E-state index contributed by atoms with van der Waals surface area (Å²) in [5.74, 6) is 1.52. The van der Waals surface area contributed by atoms with Crippen molar-refractivity contribution < 1.29 is 9.18 Å². The van der Waals surface area contributed by atoms with E-state index in [1.165, 1.54) is 6.07 Å². The molecule has 33 heavy (non-hydrogen) atoms. The summed E-state index contributed by atoms with van der Waals surface area (Å²) in [5, 5.41) is 11.4. The van der Waals surface area contributed by atoms with Crippen molar-refractivity contribution in [2.24, 2.45) is 0 Å². The first-order valence-corrected chi connectivity index (χ1v) is 11.2. The van der Waals surface area contributed by atoms with Gasteiger partial charge in [-0.25, -0.2) is 9.37 Å². The van der Waals surface area contributed by atoms with Gasteiger partial charge in [-0.2, -0.15) is 0 Å². The van der Waals surface area contributed by atoms with Crippen LogP contribution in [-0.4, -0.2) is 30.2 Å². The van der Waals surface area contributed by atoms with Crippen molar-refractivity contribution in [1.29, 1.82) is 0 Å². The Morgan fingerprint density at radius 2 is 1.94 bits per heavy atom. The van der Waals surface area contributed by atoms with Gasteiger partial charge in [-0.15, -0.1) is 10.2 Å². The first-order valence-electron chi connectivity index (χ1n) is 11.2. The molecule has 0 radical (unpaired) electrons. The average Bonchev–Trinajstić information content (AvgIpc) is 3.26. The summed E-state index contributed by atoms with van der Waals surface area (Å²) in [5.41, 5.74) is 2.93. The van der Waals surface area contributed by atoms with Gasteiger partial charge in [0.15, 0.2) is 5.82 Å². The Bertz CT molecular complexity index is 1320. The van der Waals surface area contributed by atoms with Crippen LogP contribution in [0.4, 0.5) is 10.1 Å². The molecule has 0 fully saturated rings. The van der Waals surface area contributed by atoms with Crippen LogP contribution in [0.15, 0.2) is 48.7 Å². The number of hydrogen-bond acceptors (Lipinski definition) is 4. The van der Waals surface area contributed by atoms with Gasteiger partial charge < -0.3 is 14.5 Å². The zero-order chi connectivity index (χ0) is 22.9. The maximum atomic E-state index is 14.7. The topological polar surface area (TPSA) is 77.6 Å². The summed E-state index contributed by atoms with van der Waals surface area (Å²) >= 11 is 0. The van der Waals surface area contributed by atoms with Crippen LogP contribution < -0.4 is 5.32 Å². The number of amides is 1. The Morgan fingerprint density at radius 1 is 1.06 bits per heavy atom. The van der Waals surface area contributed by atoms with Crippen molar-refractivity contribution in [2.75, 3.05) is 5.32 Å². The van der Waals surface area contributed by atoms with Crippen LogP contribution in [0.5, 0.6) is 0 Å². The largest absolute Gasteiger partial charge is 0.319 e. The number of fused-ring (bicyclic) bond motifs is 1. The van der Waals surface area contributed by atoms with Gasteiger partial charge in [-0.1, -0.05) is 12.5 Å². The van der Waals surface area contributed by atoms with Crippen molar-refractivity contribution in [2.45, 2.75) is 46.1 Å². The van der Waals surface area contributed by atoms with E-state index in [4.69, 9.17) is 0 Å². The second-order valence-corrected chi connectivity index (χ2v) is 8.36. The highest BCUT2D eigenvalue weighted by Gasteiger charge is 2.20. The van der Waals surface area contributed by atoms with E-state index in [1.807, 2.05) is 36.6 Å². The highest BCUT2D eigenvalue weighted by Crippen LogP contribution is 2.28. The van der Waals surface area contributed by atoms with Crippen molar-refractivity contribution in [3.05, 3.63) is 77.3 Å². The Hall–Kier alpha value is -3.81. The molecule has 8 heteroatoms.